The normalized spacial score (nSPS) is 11.3. The van der Waals surface area contributed by atoms with Crippen LogP contribution >= 0.6 is 0 Å². The van der Waals surface area contributed by atoms with E-state index in [4.69, 9.17) is 4.74 Å². The molecule has 1 N–H and O–H groups in total. The van der Waals surface area contributed by atoms with Crippen molar-refractivity contribution in [3.63, 3.8) is 0 Å². The van der Waals surface area contributed by atoms with Crippen molar-refractivity contribution in [2.45, 2.75) is 26.7 Å². The first kappa shape index (κ1) is 15.4. The van der Waals surface area contributed by atoms with Crippen LogP contribution < -0.4 is 4.74 Å². The number of benzene rings is 1. The molecule has 0 unspecified atom stereocenters. The molecule has 0 aliphatic heterocycles. The Morgan fingerprint density at radius 2 is 1.96 bits per heavy atom. The lowest BCUT2D eigenvalue weighted by Crippen LogP contribution is -2.02. The van der Waals surface area contributed by atoms with Crippen LogP contribution in [0.1, 0.15) is 23.5 Å². The summed E-state index contributed by atoms with van der Waals surface area (Å²) in [6.45, 7) is 4.72. The van der Waals surface area contributed by atoms with Crippen molar-refractivity contribution in [2.75, 3.05) is 6.61 Å². The first-order chi connectivity index (χ1) is 12.2. The molecule has 3 aromatic heterocycles. The molecule has 0 bridgehead atoms. The molecule has 0 spiro atoms. The van der Waals surface area contributed by atoms with E-state index in [0.29, 0.717) is 6.61 Å². The van der Waals surface area contributed by atoms with E-state index in [1.54, 1.807) is 10.9 Å². The van der Waals surface area contributed by atoms with Crippen LogP contribution in [0.4, 0.5) is 0 Å². The van der Waals surface area contributed by atoms with Crippen LogP contribution in [0.2, 0.25) is 0 Å². The van der Waals surface area contributed by atoms with Gasteiger partial charge < -0.3 is 4.74 Å². The molecule has 0 amide bonds. The first-order valence-electron chi connectivity index (χ1n) is 8.34. The van der Waals surface area contributed by atoms with Gasteiger partial charge in [-0.25, -0.2) is 9.20 Å². The smallest absolute Gasteiger partial charge is 0.203 e. The molecule has 0 aliphatic carbocycles. The van der Waals surface area contributed by atoms with E-state index in [-0.39, 0.29) is 0 Å². The van der Waals surface area contributed by atoms with Crippen LogP contribution in [-0.2, 0) is 6.42 Å². The second kappa shape index (κ2) is 6.43. The topological polar surface area (TPSA) is 73.0 Å². The van der Waals surface area contributed by atoms with Gasteiger partial charge in [0.1, 0.15) is 11.4 Å². The Bertz CT molecular complexity index is 965. The molecule has 7 nitrogen and oxygen atoms in total. The summed E-state index contributed by atoms with van der Waals surface area (Å²) in [6.07, 6.45) is 5.30. The lowest BCUT2D eigenvalue weighted by molar-refractivity contribution is 0.309. The summed E-state index contributed by atoms with van der Waals surface area (Å²) in [5, 5.41) is 16.2. The van der Waals surface area contributed by atoms with Crippen LogP contribution in [0.25, 0.3) is 11.3 Å². The molecule has 0 atom stereocenters. The third-order valence-corrected chi connectivity index (χ3v) is 4.14. The Hall–Kier alpha value is -3.09. The largest absolute Gasteiger partial charge is 0.494 e. The van der Waals surface area contributed by atoms with Crippen LogP contribution in [0, 0.1) is 13.8 Å². The monoisotopic (exact) mass is 336 g/mol. The molecule has 4 rings (SSSR count). The summed E-state index contributed by atoms with van der Waals surface area (Å²) in [7, 11) is 0. The minimum atomic E-state index is 0.643. The number of hydrogen-bond acceptors (Lipinski definition) is 4. The minimum absolute atomic E-state index is 0.643. The molecular formula is C18H20N6O. The predicted octanol–water partition coefficient (Wildman–Crippen LogP) is 2.87. The third-order valence-electron chi connectivity index (χ3n) is 4.14. The Kier molecular flexibility index (Phi) is 3.97. The van der Waals surface area contributed by atoms with Crippen molar-refractivity contribution in [1.29, 1.82) is 0 Å². The van der Waals surface area contributed by atoms with Gasteiger partial charge in [-0.2, -0.15) is 5.10 Å². The van der Waals surface area contributed by atoms with Crippen LogP contribution in [0.5, 0.6) is 5.75 Å². The maximum Gasteiger partial charge on any atom is 0.203 e. The quantitative estimate of drug-likeness (QED) is 0.550. The molecule has 0 radical (unpaired) electrons. The molecule has 128 valence electrons. The summed E-state index contributed by atoms with van der Waals surface area (Å²) >= 11 is 0. The molecule has 1 aromatic carbocycles. The van der Waals surface area contributed by atoms with Gasteiger partial charge in [-0.15, -0.1) is 10.2 Å². The van der Waals surface area contributed by atoms with Crippen molar-refractivity contribution < 1.29 is 4.74 Å². The zero-order valence-electron chi connectivity index (χ0n) is 14.3. The van der Waals surface area contributed by atoms with Gasteiger partial charge in [0.15, 0.2) is 5.82 Å². The SMILES string of the molecule is Cc1ccc(OCCCc2nnc3c(-n4cccn4)c(C)[nH]n23)cc1. The highest BCUT2D eigenvalue weighted by molar-refractivity contribution is 5.61. The Balaban J connectivity index is 1.44. The van der Waals surface area contributed by atoms with Gasteiger partial charge in [0, 0.05) is 18.8 Å². The highest BCUT2D eigenvalue weighted by atomic mass is 16.5. The molecule has 4 aromatic rings. The Morgan fingerprint density at radius 3 is 2.72 bits per heavy atom. The van der Waals surface area contributed by atoms with Crippen LogP contribution in [0.15, 0.2) is 42.7 Å². The van der Waals surface area contributed by atoms with E-state index in [1.165, 1.54) is 5.56 Å². The number of aromatic amines is 1. The van der Waals surface area contributed by atoms with Crippen molar-refractivity contribution in [2.24, 2.45) is 0 Å². The van der Waals surface area contributed by atoms with Gasteiger partial charge in [-0.3, -0.25) is 5.10 Å². The van der Waals surface area contributed by atoms with Crippen molar-refractivity contribution in [1.82, 2.24) is 29.6 Å². The minimum Gasteiger partial charge on any atom is -0.494 e. The maximum absolute atomic E-state index is 5.78. The van der Waals surface area contributed by atoms with E-state index in [1.807, 2.05) is 35.8 Å². The number of H-pyrrole nitrogens is 1. The number of rotatable bonds is 6. The average Bonchev–Trinajstić information content (AvgIpc) is 3.31. The average molecular weight is 336 g/mol. The van der Waals surface area contributed by atoms with E-state index >= 15 is 0 Å². The van der Waals surface area contributed by atoms with E-state index in [2.05, 4.69) is 39.5 Å². The molecule has 0 fully saturated rings. The van der Waals surface area contributed by atoms with Gasteiger partial charge in [0.25, 0.3) is 0 Å². The fourth-order valence-electron chi connectivity index (χ4n) is 2.87. The third kappa shape index (κ3) is 3.00. The highest BCUT2D eigenvalue weighted by Crippen LogP contribution is 2.19. The number of nitrogens with zero attached hydrogens (tertiary/aromatic N) is 5. The second-order valence-electron chi connectivity index (χ2n) is 6.08. The van der Waals surface area contributed by atoms with Crippen LogP contribution in [0.3, 0.4) is 0 Å². The fraction of sp³-hybridized carbons (Fsp3) is 0.278. The summed E-state index contributed by atoms with van der Waals surface area (Å²) in [5.41, 5.74) is 3.95. The van der Waals surface area contributed by atoms with Gasteiger partial charge in [-0.1, -0.05) is 17.7 Å². The van der Waals surface area contributed by atoms with Crippen LogP contribution in [-0.4, -0.2) is 36.2 Å². The first-order valence-corrected chi connectivity index (χ1v) is 8.34. The summed E-state index contributed by atoms with van der Waals surface area (Å²) in [6, 6.07) is 9.99. The van der Waals surface area contributed by atoms with Gasteiger partial charge in [0.05, 0.1) is 12.3 Å². The number of fused-ring (bicyclic) bond motifs is 1. The van der Waals surface area contributed by atoms with E-state index < -0.39 is 0 Å². The zero-order valence-corrected chi connectivity index (χ0v) is 14.3. The van der Waals surface area contributed by atoms with Gasteiger partial charge in [0.2, 0.25) is 5.65 Å². The number of aryl methyl sites for hydroxylation is 3. The Morgan fingerprint density at radius 1 is 1.12 bits per heavy atom. The molecular weight excluding hydrogens is 316 g/mol. The number of ether oxygens (including phenoxy) is 1. The lowest BCUT2D eigenvalue weighted by atomic mass is 10.2. The predicted molar refractivity (Wildman–Crippen MR) is 94.2 cm³/mol. The molecule has 3 heterocycles. The molecule has 0 saturated heterocycles. The van der Waals surface area contributed by atoms with E-state index in [0.717, 1.165) is 41.4 Å². The lowest BCUT2D eigenvalue weighted by Gasteiger charge is -2.05. The number of aromatic nitrogens is 6. The van der Waals surface area contributed by atoms with Crippen molar-refractivity contribution >= 4 is 5.65 Å². The Labute approximate surface area is 145 Å². The second-order valence-corrected chi connectivity index (χ2v) is 6.08. The van der Waals surface area contributed by atoms with Crippen molar-refractivity contribution in [3.8, 4) is 11.4 Å². The summed E-state index contributed by atoms with van der Waals surface area (Å²) in [5.74, 6) is 1.79. The standard InChI is InChI=1S/C18H20N6O/c1-13-6-8-15(9-7-13)25-12-3-5-16-20-21-18-17(14(2)22-24(16)18)23-11-4-10-19-23/h4,6-11,22H,3,5,12H2,1-2H3. The molecule has 7 heteroatoms. The molecule has 25 heavy (non-hydrogen) atoms. The molecule has 0 saturated carbocycles. The molecule has 0 aliphatic rings. The highest BCUT2D eigenvalue weighted by Gasteiger charge is 2.16. The summed E-state index contributed by atoms with van der Waals surface area (Å²) < 4.78 is 9.51. The van der Waals surface area contributed by atoms with Gasteiger partial charge in [-0.05, 0) is 38.5 Å². The van der Waals surface area contributed by atoms with Gasteiger partial charge >= 0.3 is 0 Å². The van der Waals surface area contributed by atoms with E-state index in [9.17, 15) is 0 Å². The number of hydrogen-bond donors (Lipinski definition) is 1. The van der Waals surface area contributed by atoms with Crippen molar-refractivity contribution in [3.05, 3.63) is 59.8 Å². The fourth-order valence-corrected chi connectivity index (χ4v) is 2.87. The number of nitrogens with one attached hydrogen (secondary N) is 1. The summed E-state index contributed by atoms with van der Waals surface area (Å²) in [4.78, 5) is 0. The zero-order chi connectivity index (χ0) is 17.2. The maximum atomic E-state index is 5.78.